The van der Waals surface area contributed by atoms with Crippen molar-refractivity contribution in [3.63, 3.8) is 0 Å². The highest BCUT2D eigenvalue weighted by atomic mass is 15.3. The Bertz CT molecular complexity index is 1360. The van der Waals surface area contributed by atoms with Crippen molar-refractivity contribution in [1.82, 2.24) is 14.8 Å². The molecule has 1 aromatic heterocycles. The number of nitrogens with zero attached hydrogens (tertiary/aromatic N) is 3. The molecule has 0 fully saturated rings. The maximum absolute atomic E-state index is 4.63. The first-order valence-electron chi connectivity index (χ1n) is 11.8. The zero-order chi connectivity index (χ0) is 24.8. The van der Waals surface area contributed by atoms with E-state index in [4.69, 9.17) is 0 Å². The molecule has 0 amide bonds. The van der Waals surface area contributed by atoms with E-state index in [2.05, 4.69) is 134 Å². The van der Waals surface area contributed by atoms with Crippen LogP contribution in [0.3, 0.4) is 0 Å². The van der Waals surface area contributed by atoms with Crippen molar-refractivity contribution in [1.29, 1.82) is 0 Å². The summed E-state index contributed by atoms with van der Waals surface area (Å²) in [7, 11) is 0. The molecule has 0 aliphatic heterocycles. The molecule has 4 aromatic carbocycles. The number of para-hydroxylation sites is 1. The molecule has 0 saturated carbocycles. The molecule has 5 rings (SSSR count). The molecule has 3 heteroatoms. The number of hydrogen-bond donors (Lipinski definition) is 0. The van der Waals surface area contributed by atoms with Gasteiger partial charge in [0.05, 0.1) is 0 Å². The van der Waals surface area contributed by atoms with Gasteiger partial charge in [-0.25, -0.2) is 0 Å². The lowest BCUT2D eigenvalue weighted by Gasteiger charge is -2.19. The Morgan fingerprint density at radius 3 is 1.40 bits per heavy atom. The highest BCUT2D eigenvalue weighted by molar-refractivity contribution is 5.71. The highest BCUT2D eigenvalue weighted by Gasteiger charge is 2.19. The van der Waals surface area contributed by atoms with Gasteiger partial charge in [-0.15, -0.1) is 23.4 Å². The third-order valence-corrected chi connectivity index (χ3v) is 5.94. The van der Waals surface area contributed by atoms with E-state index < -0.39 is 0 Å². The molecule has 3 nitrogen and oxygen atoms in total. The molecular weight excluding hydrogens is 426 g/mol. The summed E-state index contributed by atoms with van der Waals surface area (Å²) < 4.78 is 2.14. The summed E-state index contributed by atoms with van der Waals surface area (Å²) in [4.78, 5) is 0. The molecule has 0 N–H and O–H groups in total. The molecule has 0 unspecified atom stereocenters. The van der Waals surface area contributed by atoms with Crippen molar-refractivity contribution in [3.8, 4) is 39.6 Å². The fraction of sp³-hybridized carbons (Fsp3) is 0.125. The first-order chi connectivity index (χ1) is 17.0. The lowest BCUT2D eigenvalue weighted by molar-refractivity contribution is 0.590. The van der Waals surface area contributed by atoms with Crippen LogP contribution in [-0.4, -0.2) is 14.8 Å². The van der Waals surface area contributed by atoms with Gasteiger partial charge in [0.25, 0.3) is 0 Å². The zero-order valence-electron chi connectivity index (χ0n) is 20.6. The first-order valence-corrected chi connectivity index (χ1v) is 11.8. The van der Waals surface area contributed by atoms with Crippen LogP contribution in [-0.2, 0) is 5.41 Å². The van der Waals surface area contributed by atoms with E-state index in [-0.39, 0.29) is 5.41 Å². The van der Waals surface area contributed by atoms with E-state index in [1.54, 1.807) is 0 Å². The van der Waals surface area contributed by atoms with Crippen LogP contribution in [0.5, 0.6) is 0 Å². The molecule has 0 bridgehead atoms. The van der Waals surface area contributed by atoms with Gasteiger partial charge < -0.3 is 0 Å². The van der Waals surface area contributed by atoms with Gasteiger partial charge in [0.15, 0.2) is 11.6 Å². The monoisotopic (exact) mass is 457 g/mol. The summed E-state index contributed by atoms with van der Waals surface area (Å²) in [5, 5.41) is 9.25. The smallest absolute Gasteiger partial charge is 0.168 e. The third kappa shape index (κ3) is 5.15. The van der Waals surface area contributed by atoms with Crippen LogP contribution in [0, 0.1) is 0 Å². The number of aromatic nitrogens is 3. The van der Waals surface area contributed by atoms with E-state index in [0.717, 1.165) is 28.5 Å². The van der Waals surface area contributed by atoms with Crippen molar-refractivity contribution in [2.45, 2.75) is 26.2 Å². The van der Waals surface area contributed by atoms with Gasteiger partial charge in [-0.1, -0.05) is 118 Å². The van der Waals surface area contributed by atoms with Gasteiger partial charge in [0.1, 0.15) is 0 Å². The average Bonchev–Trinajstić information content (AvgIpc) is 3.36. The quantitative estimate of drug-likeness (QED) is 0.254. The molecule has 0 atom stereocenters. The minimum Gasteiger partial charge on any atom is -0.275 e. The number of benzene rings is 4. The molecule has 35 heavy (non-hydrogen) atoms. The van der Waals surface area contributed by atoms with Crippen LogP contribution in [0.25, 0.3) is 39.6 Å². The summed E-state index contributed by atoms with van der Waals surface area (Å²) in [6, 6.07) is 37.9. The average molecular weight is 458 g/mol. The predicted molar refractivity (Wildman–Crippen MR) is 148 cm³/mol. The minimum absolute atomic E-state index is 0.108. The summed E-state index contributed by atoms with van der Waals surface area (Å²) in [6.45, 7) is 12.7. The van der Waals surface area contributed by atoms with E-state index in [1.807, 2.05) is 24.3 Å². The maximum atomic E-state index is 4.63. The molecule has 0 radical (unpaired) electrons. The normalized spacial score (nSPS) is 10.9. The third-order valence-electron chi connectivity index (χ3n) is 5.94. The molecule has 0 spiro atoms. The van der Waals surface area contributed by atoms with Crippen molar-refractivity contribution >= 4 is 0 Å². The Labute approximate surface area is 208 Å². The highest BCUT2D eigenvalue weighted by Crippen LogP contribution is 2.31. The van der Waals surface area contributed by atoms with E-state index in [1.165, 1.54) is 16.7 Å². The Morgan fingerprint density at radius 2 is 0.914 bits per heavy atom. The van der Waals surface area contributed by atoms with Gasteiger partial charge in [0.2, 0.25) is 0 Å². The van der Waals surface area contributed by atoms with Crippen LogP contribution in [0.2, 0.25) is 0 Å². The Morgan fingerprint density at radius 1 is 0.514 bits per heavy atom. The molecule has 174 valence electrons. The Balaban J connectivity index is 0.00000141. The maximum Gasteiger partial charge on any atom is 0.168 e. The van der Waals surface area contributed by atoms with Crippen LogP contribution in [0.4, 0.5) is 0 Å². The summed E-state index contributed by atoms with van der Waals surface area (Å²) in [5.74, 6) is 1.67. The van der Waals surface area contributed by atoms with Gasteiger partial charge >= 0.3 is 0 Å². The summed E-state index contributed by atoms with van der Waals surface area (Å²) in [5.41, 5.74) is 6.91. The minimum atomic E-state index is 0.108. The molecule has 0 saturated heterocycles. The van der Waals surface area contributed by atoms with Crippen LogP contribution >= 0.6 is 0 Å². The zero-order valence-corrected chi connectivity index (χ0v) is 20.6. The number of hydrogen-bond acceptors (Lipinski definition) is 2. The van der Waals surface area contributed by atoms with Crippen molar-refractivity contribution in [2.75, 3.05) is 0 Å². The lowest BCUT2D eigenvalue weighted by atomic mass is 9.86. The molecular formula is C32H31N3. The van der Waals surface area contributed by atoms with Crippen LogP contribution in [0.15, 0.2) is 122 Å². The van der Waals surface area contributed by atoms with E-state index in [0.29, 0.717) is 0 Å². The topological polar surface area (TPSA) is 30.7 Å². The second-order valence-corrected chi connectivity index (χ2v) is 9.29. The summed E-state index contributed by atoms with van der Waals surface area (Å²) >= 11 is 0. The van der Waals surface area contributed by atoms with Crippen molar-refractivity contribution in [2.24, 2.45) is 0 Å². The Kier molecular flexibility index (Phi) is 7.07. The van der Waals surface area contributed by atoms with Gasteiger partial charge in [-0.2, -0.15) is 0 Å². The second-order valence-electron chi connectivity index (χ2n) is 9.29. The Hall–Kier alpha value is -4.24. The van der Waals surface area contributed by atoms with Crippen LogP contribution < -0.4 is 0 Å². The van der Waals surface area contributed by atoms with Crippen LogP contribution in [0.1, 0.15) is 26.3 Å². The molecule has 0 aliphatic rings. The summed E-state index contributed by atoms with van der Waals surface area (Å²) in [6.07, 6.45) is 0. The molecule has 0 aliphatic carbocycles. The fourth-order valence-electron chi connectivity index (χ4n) is 4.04. The largest absolute Gasteiger partial charge is 0.275 e. The molecule has 1 heterocycles. The van der Waals surface area contributed by atoms with E-state index in [9.17, 15) is 0 Å². The number of rotatable bonds is 4. The van der Waals surface area contributed by atoms with Crippen molar-refractivity contribution in [3.05, 3.63) is 128 Å². The fourth-order valence-corrected chi connectivity index (χ4v) is 4.04. The predicted octanol–water partition coefficient (Wildman–Crippen LogP) is 8.37. The van der Waals surface area contributed by atoms with E-state index >= 15 is 0 Å². The first kappa shape index (κ1) is 23.9. The van der Waals surface area contributed by atoms with Gasteiger partial charge in [0, 0.05) is 16.8 Å². The van der Waals surface area contributed by atoms with Gasteiger partial charge in [-0.3, -0.25) is 4.57 Å². The lowest BCUT2D eigenvalue weighted by Crippen LogP contribution is -2.10. The van der Waals surface area contributed by atoms with Crippen molar-refractivity contribution < 1.29 is 0 Å². The SMILES string of the molecule is C=C.CC(C)(C)c1ccc(-c2nnc(-c3ccc(-c4ccccc4)cc3)n2-c2ccccc2)cc1. The molecule has 5 aromatic rings. The standard InChI is InChI=1S/C30H27N3.C2H4/c1-30(2,3)26-20-18-25(19-21-26)29-32-31-28(33(29)27-12-8-5-9-13-27)24-16-14-23(15-17-24)22-10-6-4-7-11-22;1-2/h4-21H,1-3H3;1-2H2. The second kappa shape index (κ2) is 10.4. The van der Waals surface area contributed by atoms with Gasteiger partial charge in [-0.05, 0) is 34.2 Å².